The number of hydrogen-bond donors (Lipinski definition) is 1. The molecule has 0 radical (unpaired) electrons. The van der Waals surface area contributed by atoms with Crippen LogP contribution in [-0.4, -0.2) is 35.6 Å². The molecule has 6 heteroatoms. The van der Waals surface area contributed by atoms with Gasteiger partial charge in [-0.15, -0.1) is 0 Å². The number of halogens is 3. The summed E-state index contributed by atoms with van der Waals surface area (Å²) in [6, 6.07) is 0. The lowest BCUT2D eigenvalue weighted by molar-refractivity contribution is -0.195. The number of rotatable bonds is 1. The van der Waals surface area contributed by atoms with E-state index in [2.05, 4.69) is 0 Å². The summed E-state index contributed by atoms with van der Waals surface area (Å²) < 4.78 is 38.0. The minimum Gasteiger partial charge on any atom is -0.340 e. The predicted molar refractivity (Wildman–Crippen MR) is 58.2 cm³/mol. The van der Waals surface area contributed by atoms with Gasteiger partial charge in [0.15, 0.2) is 5.54 Å². The Morgan fingerprint density at radius 2 is 1.65 bits per heavy atom. The molecule has 1 aliphatic heterocycles. The van der Waals surface area contributed by atoms with Crippen molar-refractivity contribution < 1.29 is 18.0 Å². The Balaban J connectivity index is 2.83. The molecule has 1 aliphatic rings. The molecule has 0 aromatic heterocycles. The molecule has 0 aliphatic carbocycles. The van der Waals surface area contributed by atoms with E-state index in [1.807, 2.05) is 13.8 Å². The number of alkyl halides is 3. The van der Waals surface area contributed by atoms with Crippen LogP contribution in [0.15, 0.2) is 0 Å². The largest absolute Gasteiger partial charge is 0.415 e. The zero-order valence-corrected chi connectivity index (χ0v) is 10.3. The van der Waals surface area contributed by atoms with Gasteiger partial charge in [0.2, 0.25) is 0 Å². The highest BCUT2D eigenvalue weighted by atomic mass is 19.4. The van der Waals surface area contributed by atoms with E-state index >= 15 is 0 Å². The highest BCUT2D eigenvalue weighted by Crippen LogP contribution is 2.31. The monoisotopic (exact) mass is 252 g/mol. The van der Waals surface area contributed by atoms with E-state index in [0.29, 0.717) is 13.1 Å². The summed E-state index contributed by atoms with van der Waals surface area (Å²) in [5.74, 6) is -0.595. The molecule has 0 aromatic rings. The van der Waals surface area contributed by atoms with Gasteiger partial charge >= 0.3 is 6.18 Å². The maximum Gasteiger partial charge on any atom is 0.415 e. The number of carbonyl (C=O) groups excluding carboxylic acids is 1. The van der Waals surface area contributed by atoms with Crippen molar-refractivity contribution in [3.05, 3.63) is 0 Å². The second-order valence-corrected chi connectivity index (χ2v) is 5.36. The molecule has 100 valence electrons. The summed E-state index contributed by atoms with van der Waals surface area (Å²) in [5, 5.41) is 0. The number of likely N-dealkylation sites (tertiary alicyclic amines) is 1. The third kappa shape index (κ3) is 2.91. The quantitative estimate of drug-likeness (QED) is 0.773. The lowest BCUT2D eigenvalue weighted by atomic mass is 9.90. The van der Waals surface area contributed by atoms with Crippen LogP contribution in [0.2, 0.25) is 0 Å². The van der Waals surface area contributed by atoms with Gasteiger partial charge in [0.05, 0.1) is 0 Å². The fourth-order valence-corrected chi connectivity index (χ4v) is 2.28. The molecular formula is C11H19F3N2O. The van der Waals surface area contributed by atoms with Gasteiger partial charge in [-0.2, -0.15) is 13.2 Å². The zero-order valence-electron chi connectivity index (χ0n) is 10.3. The number of carbonyl (C=O) groups is 1. The molecule has 1 amide bonds. The van der Waals surface area contributed by atoms with Crippen LogP contribution >= 0.6 is 0 Å². The Bertz CT molecular complexity index is 292. The summed E-state index contributed by atoms with van der Waals surface area (Å²) in [6.45, 7) is 5.30. The Labute approximate surface area is 99.1 Å². The molecule has 1 heterocycles. The topological polar surface area (TPSA) is 46.3 Å². The summed E-state index contributed by atoms with van der Waals surface area (Å²) in [6.07, 6.45) is -3.79. The fraction of sp³-hybridized carbons (Fsp3) is 0.909. The molecule has 17 heavy (non-hydrogen) atoms. The lowest BCUT2D eigenvalue weighted by Gasteiger charge is -2.39. The van der Waals surface area contributed by atoms with Crippen molar-refractivity contribution in [2.75, 3.05) is 13.1 Å². The average Bonchev–Trinajstić information content (AvgIpc) is 2.13. The molecule has 1 fully saturated rings. The molecule has 0 spiro atoms. The second kappa shape index (κ2) is 4.48. The van der Waals surface area contributed by atoms with E-state index in [1.54, 1.807) is 0 Å². The van der Waals surface area contributed by atoms with E-state index in [9.17, 15) is 18.0 Å². The maximum atomic E-state index is 12.7. The van der Waals surface area contributed by atoms with E-state index in [1.165, 1.54) is 4.90 Å². The third-order valence-electron chi connectivity index (χ3n) is 3.19. The van der Waals surface area contributed by atoms with Crippen LogP contribution < -0.4 is 5.73 Å². The van der Waals surface area contributed by atoms with Crippen molar-refractivity contribution >= 4 is 5.91 Å². The summed E-state index contributed by atoms with van der Waals surface area (Å²) in [7, 11) is 0. The Kier molecular flexibility index (Phi) is 3.76. The summed E-state index contributed by atoms with van der Waals surface area (Å²) in [4.78, 5) is 13.1. The minimum absolute atomic E-state index is 0.215. The van der Waals surface area contributed by atoms with Crippen LogP contribution in [0.4, 0.5) is 13.2 Å². The molecule has 0 aromatic carbocycles. The predicted octanol–water partition coefficient (Wildman–Crippen LogP) is 1.77. The molecule has 0 saturated carbocycles. The van der Waals surface area contributed by atoms with Crippen LogP contribution in [0.3, 0.4) is 0 Å². The van der Waals surface area contributed by atoms with E-state index in [-0.39, 0.29) is 11.8 Å². The molecule has 1 rings (SSSR count). The van der Waals surface area contributed by atoms with Gasteiger partial charge in [-0.05, 0) is 25.2 Å². The Morgan fingerprint density at radius 3 is 2.00 bits per heavy atom. The summed E-state index contributed by atoms with van der Waals surface area (Å²) >= 11 is 0. The van der Waals surface area contributed by atoms with Crippen molar-refractivity contribution in [1.82, 2.24) is 4.90 Å². The zero-order chi connectivity index (χ0) is 13.4. The number of nitrogens with zero attached hydrogens (tertiary/aromatic N) is 1. The molecular weight excluding hydrogens is 233 g/mol. The van der Waals surface area contributed by atoms with E-state index in [0.717, 1.165) is 13.3 Å². The van der Waals surface area contributed by atoms with Gasteiger partial charge in [-0.25, -0.2) is 0 Å². The number of hydrogen-bond acceptors (Lipinski definition) is 2. The number of piperidine rings is 1. The molecule has 3 nitrogen and oxygen atoms in total. The first-order valence-electron chi connectivity index (χ1n) is 5.70. The Morgan fingerprint density at radius 1 is 1.24 bits per heavy atom. The Hall–Kier alpha value is -0.780. The highest BCUT2D eigenvalue weighted by Gasteiger charge is 2.55. The van der Waals surface area contributed by atoms with Crippen molar-refractivity contribution in [3.8, 4) is 0 Å². The first-order valence-corrected chi connectivity index (χ1v) is 5.70. The smallest absolute Gasteiger partial charge is 0.340 e. The van der Waals surface area contributed by atoms with E-state index in [4.69, 9.17) is 5.73 Å². The molecule has 3 unspecified atom stereocenters. The van der Waals surface area contributed by atoms with Gasteiger partial charge in [-0.3, -0.25) is 4.79 Å². The second-order valence-electron chi connectivity index (χ2n) is 5.36. The van der Waals surface area contributed by atoms with Crippen LogP contribution in [0.25, 0.3) is 0 Å². The number of amides is 1. The minimum atomic E-state index is -4.71. The lowest BCUT2D eigenvalue weighted by Crippen LogP contribution is -2.63. The molecule has 1 saturated heterocycles. The average molecular weight is 252 g/mol. The van der Waals surface area contributed by atoms with Gasteiger partial charge in [0.1, 0.15) is 0 Å². The van der Waals surface area contributed by atoms with Crippen LogP contribution in [0.1, 0.15) is 27.2 Å². The van der Waals surface area contributed by atoms with Crippen LogP contribution in [0.5, 0.6) is 0 Å². The van der Waals surface area contributed by atoms with E-state index < -0.39 is 17.6 Å². The van der Waals surface area contributed by atoms with Crippen molar-refractivity contribution in [1.29, 1.82) is 0 Å². The third-order valence-corrected chi connectivity index (χ3v) is 3.19. The SMILES string of the molecule is CC1CC(C)CN(C(=O)C(C)(N)C(F)(F)F)C1. The number of nitrogens with two attached hydrogens (primary N) is 1. The standard InChI is InChI=1S/C11H19F3N2O/c1-7-4-8(2)6-16(5-7)9(17)10(3,15)11(12,13)14/h7-8H,4-6,15H2,1-3H3. The van der Waals surface area contributed by atoms with Crippen LogP contribution in [0, 0.1) is 11.8 Å². The maximum absolute atomic E-state index is 12.7. The first kappa shape index (κ1) is 14.3. The normalized spacial score (nSPS) is 29.9. The highest BCUT2D eigenvalue weighted by molar-refractivity contribution is 5.86. The van der Waals surface area contributed by atoms with Crippen molar-refractivity contribution in [2.24, 2.45) is 17.6 Å². The van der Waals surface area contributed by atoms with Gasteiger partial charge < -0.3 is 10.6 Å². The van der Waals surface area contributed by atoms with Crippen molar-refractivity contribution in [2.45, 2.75) is 38.9 Å². The molecule has 2 N–H and O–H groups in total. The van der Waals surface area contributed by atoms with Crippen LogP contribution in [-0.2, 0) is 4.79 Å². The van der Waals surface area contributed by atoms with Gasteiger partial charge in [0.25, 0.3) is 5.91 Å². The van der Waals surface area contributed by atoms with Gasteiger partial charge in [0, 0.05) is 13.1 Å². The molecule has 3 atom stereocenters. The molecule has 0 bridgehead atoms. The van der Waals surface area contributed by atoms with Gasteiger partial charge in [-0.1, -0.05) is 13.8 Å². The first-order chi connectivity index (χ1) is 7.55. The summed E-state index contributed by atoms with van der Waals surface area (Å²) in [5.41, 5.74) is 2.35. The fourth-order valence-electron chi connectivity index (χ4n) is 2.28. The van der Waals surface area contributed by atoms with Crippen molar-refractivity contribution in [3.63, 3.8) is 0 Å².